The molecule has 2 aliphatic heterocycles. The monoisotopic (exact) mass is 291 g/mol. The fourth-order valence-corrected chi connectivity index (χ4v) is 3.64. The van der Waals surface area contributed by atoms with E-state index in [-0.39, 0.29) is 12.0 Å². The number of benzene rings is 1. The van der Waals surface area contributed by atoms with Crippen molar-refractivity contribution in [2.24, 2.45) is 11.3 Å². The van der Waals surface area contributed by atoms with Crippen LogP contribution in [0.5, 0.6) is 0 Å². The van der Waals surface area contributed by atoms with Crippen LogP contribution in [0.15, 0.2) is 24.3 Å². The highest BCUT2D eigenvalue weighted by Crippen LogP contribution is 2.42. The zero-order chi connectivity index (χ0) is 14.9. The summed E-state index contributed by atoms with van der Waals surface area (Å²) in [7, 11) is 0. The molecule has 2 atom stereocenters. The summed E-state index contributed by atoms with van der Waals surface area (Å²) in [5, 5.41) is 19.1. The van der Waals surface area contributed by atoms with E-state index in [1.54, 1.807) is 12.1 Å². The Morgan fingerprint density at radius 2 is 2.24 bits per heavy atom. The van der Waals surface area contributed by atoms with E-state index < -0.39 is 5.97 Å². The second kappa shape index (κ2) is 5.75. The molecule has 21 heavy (non-hydrogen) atoms. The van der Waals surface area contributed by atoms with Crippen LogP contribution in [0.25, 0.3) is 0 Å². The molecule has 2 heterocycles. The topological polar surface area (TPSA) is 70.0 Å². The van der Waals surface area contributed by atoms with Gasteiger partial charge in [0, 0.05) is 37.6 Å². The molecule has 0 radical (unpaired) electrons. The van der Waals surface area contributed by atoms with E-state index in [1.807, 2.05) is 12.1 Å². The Hall–Kier alpha value is -1.43. The van der Waals surface area contributed by atoms with Crippen LogP contribution in [0, 0.1) is 11.3 Å². The standard InChI is InChI=1S/C16H21NO4/c18-11-16-5-6-21-9-13(16)8-17(10-16)7-12-3-1-2-4-14(12)15(19)20/h1-4,13,18H,5-11H2,(H,19,20)/t13-,16-/m1/s1. The summed E-state index contributed by atoms with van der Waals surface area (Å²) in [6.45, 7) is 3.85. The SMILES string of the molecule is O=C(O)c1ccccc1CN1C[C@@H]2COCC[C@]2(CO)C1. The Balaban J connectivity index is 1.77. The molecule has 0 bridgehead atoms. The maximum Gasteiger partial charge on any atom is 0.336 e. The summed E-state index contributed by atoms with van der Waals surface area (Å²) in [6, 6.07) is 7.13. The molecule has 2 fully saturated rings. The average molecular weight is 291 g/mol. The van der Waals surface area contributed by atoms with Gasteiger partial charge in [-0.3, -0.25) is 4.90 Å². The highest BCUT2D eigenvalue weighted by Gasteiger charge is 2.47. The molecular weight excluding hydrogens is 270 g/mol. The zero-order valence-corrected chi connectivity index (χ0v) is 12.0. The maximum absolute atomic E-state index is 11.3. The molecule has 3 rings (SSSR count). The van der Waals surface area contributed by atoms with E-state index >= 15 is 0 Å². The minimum Gasteiger partial charge on any atom is -0.478 e. The number of carboxylic acids is 1. The molecule has 5 heteroatoms. The lowest BCUT2D eigenvalue weighted by Crippen LogP contribution is -2.41. The van der Waals surface area contributed by atoms with Crippen molar-refractivity contribution in [2.75, 3.05) is 32.9 Å². The molecule has 0 unspecified atom stereocenters. The van der Waals surface area contributed by atoms with Gasteiger partial charge in [-0.15, -0.1) is 0 Å². The van der Waals surface area contributed by atoms with Crippen LogP contribution in [-0.4, -0.2) is 54.0 Å². The van der Waals surface area contributed by atoms with Gasteiger partial charge in [0.1, 0.15) is 0 Å². The van der Waals surface area contributed by atoms with Crippen LogP contribution in [0.1, 0.15) is 22.3 Å². The van der Waals surface area contributed by atoms with E-state index in [2.05, 4.69) is 4.90 Å². The van der Waals surface area contributed by atoms with Gasteiger partial charge < -0.3 is 14.9 Å². The largest absolute Gasteiger partial charge is 0.478 e. The van der Waals surface area contributed by atoms with Crippen molar-refractivity contribution in [3.05, 3.63) is 35.4 Å². The number of ether oxygens (including phenoxy) is 1. The Bertz CT molecular complexity index is 533. The first-order valence-electron chi connectivity index (χ1n) is 7.37. The third kappa shape index (κ3) is 2.69. The van der Waals surface area contributed by atoms with Gasteiger partial charge in [-0.05, 0) is 18.1 Å². The maximum atomic E-state index is 11.3. The van der Waals surface area contributed by atoms with Gasteiger partial charge in [-0.1, -0.05) is 18.2 Å². The van der Waals surface area contributed by atoms with Crippen LogP contribution in [-0.2, 0) is 11.3 Å². The Kier molecular flexibility index (Phi) is 3.97. The molecule has 0 amide bonds. The van der Waals surface area contributed by atoms with Gasteiger partial charge in [-0.2, -0.15) is 0 Å². The molecule has 0 aromatic heterocycles. The lowest BCUT2D eigenvalue weighted by molar-refractivity contribution is -0.0417. The fraction of sp³-hybridized carbons (Fsp3) is 0.562. The molecule has 114 valence electrons. The number of carboxylic acid groups (broad SMARTS) is 1. The number of fused-ring (bicyclic) bond motifs is 1. The van der Waals surface area contributed by atoms with Gasteiger partial charge in [0.05, 0.1) is 18.8 Å². The van der Waals surface area contributed by atoms with Gasteiger partial charge in [0.15, 0.2) is 0 Å². The van der Waals surface area contributed by atoms with E-state index in [9.17, 15) is 15.0 Å². The lowest BCUT2D eigenvalue weighted by Gasteiger charge is -2.36. The number of nitrogens with zero attached hydrogens (tertiary/aromatic N) is 1. The quantitative estimate of drug-likeness (QED) is 0.873. The van der Waals surface area contributed by atoms with E-state index in [0.717, 1.165) is 25.1 Å². The van der Waals surface area contributed by atoms with Crippen molar-refractivity contribution in [2.45, 2.75) is 13.0 Å². The summed E-state index contributed by atoms with van der Waals surface area (Å²) >= 11 is 0. The third-order valence-electron chi connectivity index (χ3n) is 4.90. The first-order valence-corrected chi connectivity index (χ1v) is 7.37. The Morgan fingerprint density at radius 3 is 2.95 bits per heavy atom. The van der Waals surface area contributed by atoms with Gasteiger partial charge >= 0.3 is 5.97 Å². The molecule has 0 saturated carbocycles. The highest BCUT2D eigenvalue weighted by atomic mass is 16.5. The normalized spacial score (nSPS) is 29.3. The second-order valence-corrected chi connectivity index (χ2v) is 6.17. The number of aromatic carboxylic acids is 1. The summed E-state index contributed by atoms with van der Waals surface area (Å²) in [5.74, 6) is -0.546. The van der Waals surface area contributed by atoms with E-state index in [0.29, 0.717) is 31.2 Å². The van der Waals surface area contributed by atoms with Crippen LogP contribution in [0.3, 0.4) is 0 Å². The first-order chi connectivity index (χ1) is 10.1. The van der Waals surface area contributed by atoms with Crippen molar-refractivity contribution in [1.82, 2.24) is 4.90 Å². The molecule has 1 aromatic rings. The molecule has 5 nitrogen and oxygen atoms in total. The number of hydrogen-bond donors (Lipinski definition) is 2. The predicted octanol–water partition coefficient (Wildman–Crippen LogP) is 1.22. The lowest BCUT2D eigenvalue weighted by atomic mass is 9.75. The number of likely N-dealkylation sites (tertiary alicyclic amines) is 1. The first kappa shape index (κ1) is 14.5. The smallest absolute Gasteiger partial charge is 0.336 e. The van der Waals surface area contributed by atoms with Crippen molar-refractivity contribution in [3.8, 4) is 0 Å². The van der Waals surface area contributed by atoms with Crippen molar-refractivity contribution < 1.29 is 19.7 Å². The molecule has 0 spiro atoms. The molecule has 1 aromatic carbocycles. The van der Waals surface area contributed by atoms with Crippen LogP contribution < -0.4 is 0 Å². The van der Waals surface area contributed by atoms with Crippen molar-refractivity contribution >= 4 is 5.97 Å². The number of hydrogen-bond acceptors (Lipinski definition) is 4. The van der Waals surface area contributed by atoms with E-state index in [1.165, 1.54) is 0 Å². The minimum atomic E-state index is -0.887. The Morgan fingerprint density at radius 1 is 1.43 bits per heavy atom. The summed E-state index contributed by atoms with van der Waals surface area (Å²) in [6.07, 6.45) is 0.880. The molecular formula is C16H21NO4. The van der Waals surface area contributed by atoms with Gasteiger partial charge in [-0.25, -0.2) is 4.79 Å². The van der Waals surface area contributed by atoms with Crippen LogP contribution in [0.2, 0.25) is 0 Å². The van der Waals surface area contributed by atoms with Crippen molar-refractivity contribution in [3.63, 3.8) is 0 Å². The van der Waals surface area contributed by atoms with E-state index in [4.69, 9.17) is 4.74 Å². The molecule has 2 N–H and O–H groups in total. The zero-order valence-electron chi connectivity index (χ0n) is 12.0. The number of carbonyl (C=O) groups is 1. The molecule has 0 aliphatic carbocycles. The van der Waals surface area contributed by atoms with Crippen molar-refractivity contribution in [1.29, 1.82) is 0 Å². The average Bonchev–Trinajstić information content (AvgIpc) is 2.86. The highest BCUT2D eigenvalue weighted by molar-refractivity contribution is 5.89. The van der Waals surface area contributed by atoms with Gasteiger partial charge in [0.2, 0.25) is 0 Å². The van der Waals surface area contributed by atoms with Gasteiger partial charge in [0.25, 0.3) is 0 Å². The minimum absolute atomic E-state index is 0.0730. The van der Waals surface area contributed by atoms with Crippen LogP contribution >= 0.6 is 0 Å². The summed E-state index contributed by atoms with van der Waals surface area (Å²) in [5.41, 5.74) is 1.12. The fourth-order valence-electron chi connectivity index (χ4n) is 3.64. The Labute approximate surface area is 124 Å². The molecule has 2 aliphatic rings. The molecule has 2 saturated heterocycles. The summed E-state index contributed by atoms with van der Waals surface area (Å²) in [4.78, 5) is 13.5. The number of rotatable bonds is 4. The predicted molar refractivity (Wildman–Crippen MR) is 77.1 cm³/mol. The van der Waals surface area contributed by atoms with Crippen LogP contribution in [0.4, 0.5) is 0 Å². The second-order valence-electron chi connectivity index (χ2n) is 6.17. The summed E-state index contributed by atoms with van der Waals surface area (Å²) < 4.78 is 5.54. The number of aliphatic hydroxyl groups excluding tert-OH is 1. The number of aliphatic hydroxyl groups is 1. The third-order valence-corrected chi connectivity index (χ3v) is 4.90.